The van der Waals surface area contributed by atoms with Crippen molar-refractivity contribution in [3.8, 4) is 5.88 Å². The average Bonchev–Trinajstić information content (AvgIpc) is 2.70. The number of rotatable bonds is 9. The smallest absolute Gasteiger partial charge is 0.218 e. The average molecular weight is 370 g/mol. The highest BCUT2D eigenvalue weighted by Gasteiger charge is 2.22. The maximum atomic E-state index is 10.8. The molecule has 27 heavy (non-hydrogen) atoms. The molecule has 0 amide bonds. The fourth-order valence-corrected chi connectivity index (χ4v) is 2.53. The van der Waals surface area contributed by atoms with Gasteiger partial charge in [0.25, 0.3) is 0 Å². The summed E-state index contributed by atoms with van der Waals surface area (Å²) in [5.41, 5.74) is 0.787. The molecule has 0 saturated heterocycles. The zero-order chi connectivity index (χ0) is 19.5. The molecule has 0 aliphatic rings. The van der Waals surface area contributed by atoms with Gasteiger partial charge in [0.1, 0.15) is 5.60 Å². The van der Waals surface area contributed by atoms with Crippen molar-refractivity contribution in [2.45, 2.75) is 39.3 Å². The number of aromatic nitrogens is 1. The van der Waals surface area contributed by atoms with Crippen molar-refractivity contribution in [2.75, 3.05) is 19.7 Å². The Balaban J connectivity index is 2.04. The van der Waals surface area contributed by atoms with Crippen LogP contribution in [0.2, 0.25) is 0 Å². The second-order valence-corrected chi connectivity index (χ2v) is 6.50. The second-order valence-electron chi connectivity index (χ2n) is 6.50. The Kier molecular flexibility index (Phi) is 8.07. The molecule has 0 fully saturated rings. The van der Waals surface area contributed by atoms with Gasteiger partial charge in [0.2, 0.25) is 5.88 Å². The van der Waals surface area contributed by atoms with E-state index in [1.54, 1.807) is 13.1 Å². The first-order valence-electron chi connectivity index (χ1n) is 9.43. The monoisotopic (exact) mass is 370 g/mol. The molecule has 6 nitrogen and oxygen atoms in total. The van der Waals surface area contributed by atoms with Crippen LogP contribution in [0, 0.1) is 0 Å². The third-order valence-electron chi connectivity index (χ3n) is 4.04. The maximum Gasteiger partial charge on any atom is 0.218 e. The molecule has 0 spiro atoms. The summed E-state index contributed by atoms with van der Waals surface area (Å²) in [4.78, 5) is 8.91. The van der Waals surface area contributed by atoms with Gasteiger partial charge in [-0.25, -0.2) is 9.98 Å². The second kappa shape index (κ2) is 10.5. The molecule has 2 aromatic rings. The van der Waals surface area contributed by atoms with E-state index in [2.05, 4.69) is 27.5 Å². The van der Waals surface area contributed by atoms with Crippen LogP contribution in [0.5, 0.6) is 5.88 Å². The van der Waals surface area contributed by atoms with E-state index in [1.807, 2.05) is 49.4 Å². The summed E-state index contributed by atoms with van der Waals surface area (Å²) in [6.45, 7) is 8.00. The predicted octanol–water partition coefficient (Wildman–Crippen LogP) is 2.83. The summed E-state index contributed by atoms with van der Waals surface area (Å²) in [6, 6.07) is 13.4. The van der Waals surface area contributed by atoms with Crippen LogP contribution >= 0.6 is 0 Å². The first-order valence-corrected chi connectivity index (χ1v) is 9.43. The number of aliphatic hydroxyl groups is 1. The Bertz CT molecular complexity index is 717. The highest BCUT2D eigenvalue weighted by Crippen LogP contribution is 2.19. The molecule has 0 radical (unpaired) electrons. The van der Waals surface area contributed by atoms with Crippen LogP contribution in [0.3, 0.4) is 0 Å². The molecule has 0 aliphatic carbocycles. The van der Waals surface area contributed by atoms with E-state index in [0.717, 1.165) is 24.1 Å². The van der Waals surface area contributed by atoms with E-state index >= 15 is 0 Å². The predicted molar refractivity (Wildman–Crippen MR) is 109 cm³/mol. The minimum atomic E-state index is -0.999. The van der Waals surface area contributed by atoms with Gasteiger partial charge in [0.05, 0.1) is 19.7 Å². The molecule has 146 valence electrons. The van der Waals surface area contributed by atoms with E-state index < -0.39 is 5.60 Å². The Labute approximate surface area is 161 Å². The topological polar surface area (TPSA) is 78.8 Å². The van der Waals surface area contributed by atoms with E-state index in [-0.39, 0.29) is 0 Å². The Morgan fingerprint density at radius 3 is 2.63 bits per heavy atom. The normalized spacial score (nSPS) is 13.7. The van der Waals surface area contributed by atoms with Crippen molar-refractivity contribution in [3.05, 3.63) is 59.8 Å². The summed E-state index contributed by atoms with van der Waals surface area (Å²) in [7, 11) is 0. The lowest BCUT2D eigenvalue weighted by atomic mass is 9.96. The third-order valence-corrected chi connectivity index (χ3v) is 4.04. The number of ether oxygens (including phenoxy) is 1. The van der Waals surface area contributed by atoms with Crippen LogP contribution in [0.15, 0.2) is 53.7 Å². The van der Waals surface area contributed by atoms with E-state index in [0.29, 0.717) is 31.5 Å². The molecule has 1 unspecified atom stereocenters. The van der Waals surface area contributed by atoms with Crippen LogP contribution in [0.1, 0.15) is 38.3 Å². The first-order chi connectivity index (χ1) is 13.1. The summed E-state index contributed by atoms with van der Waals surface area (Å²) in [5, 5.41) is 17.2. The summed E-state index contributed by atoms with van der Waals surface area (Å²) < 4.78 is 5.69. The molecule has 3 N–H and O–H groups in total. The largest absolute Gasteiger partial charge is 0.477 e. The zero-order valence-corrected chi connectivity index (χ0v) is 16.4. The van der Waals surface area contributed by atoms with E-state index in [9.17, 15) is 5.11 Å². The highest BCUT2D eigenvalue weighted by atomic mass is 16.5. The molecule has 0 aliphatic heterocycles. The van der Waals surface area contributed by atoms with Crippen molar-refractivity contribution in [1.29, 1.82) is 0 Å². The van der Waals surface area contributed by atoms with E-state index in [4.69, 9.17) is 4.74 Å². The molecule has 1 atom stereocenters. The number of nitrogens with zero attached hydrogens (tertiary/aromatic N) is 2. The molecule has 0 bridgehead atoms. The number of hydrogen-bond donors (Lipinski definition) is 3. The van der Waals surface area contributed by atoms with Crippen molar-refractivity contribution < 1.29 is 9.84 Å². The SMILES string of the molecule is CCCOc1ncccc1CN=C(NCC)NCC(C)(O)c1ccccc1. The molecule has 2 rings (SSSR count). The third kappa shape index (κ3) is 6.57. The molecule has 1 aromatic carbocycles. The lowest BCUT2D eigenvalue weighted by Crippen LogP contribution is -2.44. The van der Waals surface area contributed by atoms with Gasteiger partial charge >= 0.3 is 0 Å². The van der Waals surface area contributed by atoms with Gasteiger partial charge in [-0.1, -0.05) is 43.3 Å². The lowest BCUT2D eigenvalue weighted by molar-refractivity contribution is 0.0617. The number of hydrogen-bond acceptors (Lipinski definition) is 4. The van der Waals surface area contributed by atoms with Gasteiger partial charge in [-0.3, -0.25) is 0 Å². The minimum absolute atomic E-state index is 0.342. The Hall–Kier alpha value is -2.60. The Morgan fingerprint density at radius 1 is 1.15 bits per heavy atom. The van der Waals surface area contributed by atoms with Crippen molar-refractivity contribution in [1.82, 2.24) is 15.6 Å². The van der Waals surface area contributed by atoms with Crippen LogP contribution in [0.25, 0.3) is 0 Å². The summed E-state index contributed by atoms with van der Waals surface area (Å²) >= 11 is 0. The van der Waals surface area contributed by atoms with Crippen LogP contribution < -0.4 is 15.4 Å². The number of aliphatic imine (C=N–C) groups is 1. The Morgan fingerprint density at radius 2 is 1.93 bits per heavy atom. The van der Waals surface area contributed by atoms with Crippen LogP contribution in [-0.2, 0) is 12.1 Å². The van der Waals surface area contributed by atoms with Gasteiger partial charge in [-0.15, -0.1) is 0 Å². The van der Waals surface area contributed by atoms with Gasteiger partial charge < -0.3 is 20.5 Å². The standard InChI is InChI=1S/C21H30N4O2/c1-4-14-27-19-17(10-9-13-23-19)15-24-20(22-5-2)25-16-21(3,26)18-11-7-6-8-12-18/h6-13,26H,4-5,14-16H2,1-3H3,(H2,22,24,25). The maximum absolute atomic E-state index is 10.8. The van der Waals surface area contributed by atoms with E-state index in [1.165, 1.54) is 0 Å². The minimum Gasteiger partial charge on any atom is -0.477 e. The van der Waals surface area contributed by atoms with Gasteiger partial charge in [-0.05, 0) is 31.9 Å². The van der Waals surface area contributed by atoms with Gasteiger partial charge in [0.15, 0.2) is 5.96 Å². The van der Waals surface area contributed by atoms with Crippen molar-refractivity contribution in [2.24, 2.45) is 4.99 Å². The first kappa shape index (κ1) is 20.7. The quantitative estimate of drug-likeness (QED) is 0.467. The number of nitrogens with one attached hydrogen (secondary N) is 2. The van der Waals surface area contributed by atoms with Crippen LogP contribution in [-0.4, -0.2) is 35.7 Å². The zero-order valence-electron chi connectivity index (χ0n) is 16.4. The van der Waals surface area contributed by atoms with Crippen molar-refractivity contribution >= 4 is 5.96 Å². The molecular weight excluding hydrogens is 340 g/mol. The van der Waals surface area contributed by atoms with Crippen LogP contribution in [0.4, 0.5) is 0 Å². The van der Waals surface area contributed by atoms with Crippen molar-refractivity contribution in [3.63, 3.8) is 0 Å². The van der Waals surface area contributed by atoms with Gasteiger partial charge in [-0.2, -0.15) is 0 Å². The molecular formula is C21H30N4O2. The molecule has 0 saturated carbocycles. The molecule has 1 aromatic heterocycles. The molecule has 1 heterocycles. The summed E-state index contributed by atoms with van der Waals surface area (Å²) in [6.07, 6.45) is 2.65. The molecule has 6 heteroatoms. The number of pyridine rings is 1. The van der Waals surface area contributed by atoms with Gasteiger partial charge in [0, 0.05) is 18.3 Å². The number of benzene rings is 1. The fourth-order valence-electron chi connectivity index (χ4n) is 2.53. The number of guanidine groups is 1. The summed E-state index contributed by atoms with van der Waals surface area (Å²) in [5.74, 6) is 1.26. The fraction of sp³-hybridized carbons (Fsp3) is 0.429. The lowest BCUT2D eigenvalue weighted by Gasteiger charge is -2.25. The highest BCUT2D eigenvalue weighted by molar-refractivity contribution is 5.79.